The second kappa shape index (κ2) is 9.79. The van der Waals surface area contributed by atoms with E-state index in [1.165, 1.54) is 6.92 Å². The van der Waals surface area contributed by atoms with E-state index < -0.39 is 0 Å². The van der Waals surface area contributed by atoms with Crippen LogP contribution < -0.4 is 10.6 Å². The molecule has 5 nitrogen and oxygen atoms in total. The minimum atomic E-state index is -0.197. The Morgan fingerprint density at radius 3 is 2.36 bits per heavy atom. The summed E-state index contributed by atoms with van der Waals surface area (Å²) >= 11 is 0. The molecule has 0 spiro atoms. The molecule has 1 aliphatic heterocycles. The lowest BCUT2D eigenvalue weighted by Gasteiger charge is -2.31. The molecule has 1 aromatic carbocycles. The number of benzene rings is 1. The standard InChI is InChI=1S/C15H21N3O2.2ClH/c1-11(18-9-7-16-8-10-18)15(20)17-14-6-4-3-5-13(14)12(2)19;;/h3-6,11,16H,7-10H2,1-2H3,(H,17,20);2*1H. The fraction of sp³-hybridized carbons (Fsp3) is 0.467. The molecular weight excluding hydrogens is 325 g/mol. The van der Waals surface area contributed by atoms with Crippen LogP contribution in [0.2, 0.25) is 0 Å². The number of anilines is 1. The molecule has 1 atom stereocenters. The largest absolute Gasteiger partial charge is 0.324 e. The van der Waals surface area contributed by atoms with Gasteiger partial charge in [-0.3, -0.25) is 14.5 Å². The van der Waals surface area contributed by atoms with Gasteiger partial charge in [-0.2, -0.15) is 0 Å². The van der Waals surface area contributed by atoms with Gasteiger partial charge in [-0.1, -0.05) is 12.1 Å². The summed E-state index contributed by atoms with van der Waals surface area (Å²) in [5, 5.41) is 6.13. The van der Waals surface area contributed by atoms with Gasteiger partial charge in [-0.05, 0) is 26.0 Å². The quantitative estimate of drug-likeness (QED) is 0.817. The van der Waals surface area contributed by atoms with Gasteiger partial charge in [-0.15, -0.1) is 24.8 Å². The van der Waals surface area contributed by atoms with Gasteiger partial charge in [0, 0.05) is 31.7 Å². The van der Waals surface area contributed by atoms with Gasteiger partial charge in [0.25, 0.3) is 0 Å². The summed E-state index contributed by atoms with van der Waals surface area (Å²) in [5.74, 6) is -0.115. The van der Waals surface area contributed by atoms with Crippen molar-refractivity contribution in [3.05, 3.63) is 29.8 Å². The zero-order valence-electron chi connectivity index (χ0n) is 12.8. The van der Waals surface area contributed by atoms with Gasteiger partial charge >= 0.3 is 0 Å². The van der Waals surface area contributed by atoms with E-state index in [0.29, 0.717) is 11.3 Å². The van der Waals surface area contributed by atoms with E-state index in [0.717, 1.165) is 26.2 Å². The maximum atomic E-state index is 12.3. The summed E-state index contributed by atoms with van der Waals surface area (Å²) in [6, 6.07) is 6.91. The van der Waals surface area contributed by atoms with Crippen molar-refractivity contribution in [1.82, 2.24) is 10.2 Å². The first-order chi connectivity index (χ1) is 9.59. The summed E-state index contributed by atoms with van der Waals surface area (Å²) < 4.78 is 0. The van der Waals surface area contributed by atoms with Gasteiger partial charge in [0.05, 0.1) is 11.7 Å². The molecule has 0 bridgehead atoms. The van der Waals surface area contributed by atoms with E-state index in [1.807, 2.05) is 13.0 Å². The van der Waals surface area contributed by atoms with Crippen molar-refractivity contribution < 1.29 is 9.59 Å². The fourth-order valence-electron chi connectivity index (χ4n) is 2.37. The van der Waals surface area contributed by atoms with E-state index in [9.17, 15) is 9.59 Å². The Kier molecular flexibility index (Phi) is 9.28. The van der Waals surface area contributed by atoms with Crippen LogP contribution in [0.1, 0.15) is 24.2 Å². The van der Waals surface area contributed by atoms with Crippen molar-refractivity contribution in [2.75, 3.05) is 31.5 Å². The fourth-order valence-corrected chi connectivity index (χ4v) is 2.37. The first kappa shape index (κ1) is 20.9. The number of Topliss-reactive ketones (excluding diaryl/α,β-unsaturated/α-hetero) is 1. The molecule has 1 unspecified atom stereocenters. The monoisotopic (exact) mass is 347 g/mol. The Bertz CT molecular complexity index is 505. The van der Waals surface area contributed by atoms with Gasteiger partial charge in [0.15, 0.2) is 5.78 Å². The second-order valence-electron chi connectivity index (χ2n) is 5.05. The summed E-state index contributed by atoms with van der Waals surface area (Å²) in [5.41, 5.74) is 1.14. The molecule has 1 aromatic rings. The number of piperazine rings is 1. The van der Waals surface area contributed by atoms with Crippen LogP contribution in [-0.2, 0) is 4.79 Å². The highest BCUT2D eigenvalue weighted by molar-refractivity contribution is 6.04. The number of hydrogen-bond acceptors (Lipinski definition) is 4. The predicted octanol–water partition coefficient (Wildman–Crippen LogP) is 1.97. The Morgan fingerprint density at radius 1 is 1.18 bits per heavy atom. The molecule has 1 aliphatic rings. The normalized spacial score (nSPS) is 15.9. The van der Waals surface area contributed by atoms with Gasteiger partial charge < -0.3 is 10.6 Å². The van der Waals surface area contributed by atoms with Crippen LogP contribution in [0.3, 0.4) is 0 Å². The summed E-state index contributed by atoms with van der Waals surface area (Å²) in [6.07, 6.45) is 0. The maximum absolute atomic E-state index is 12.3. The second-order valence-corrected chi connectivity index (χ2v) is 5.05. The van der Waals surface area contributed by atoms with Crippen molar-refractivity contribution in [2.45, 2.75) is 19.9 Å². The number of carbonyl (C=O) groups excluding carboxylic acids is 2. The molecule has 1 fully saturated rings. The average molecular weight is 348 g/mol. The molecule has 7 heteroatoms. The molecule has 0 radical (unpaired) electrons. The lowest BCUT2D eigenvalue weighted by molar-refractivity contribution is -0.120. The smallest absolute Gasteiger partial charge is 0.241 e. The number of halogens is 2. The lowest BCUT2D eigenvalue weighted by Crippen LogP contribution is -2.51. The van der Waals surface area contributed by atoms with Crippen LogP contribution >= 0.6 is 24.8 Å². The van der Waals surface area contributed by atoms with Crippen LogP contribution in [0.15, 0.2) is 24.3 Å². The van der Waals surface area contributed by atoms with Gasteiger partial charge in [-0.25, -0.2) is 0 Å². The minimum Gasteiger partial charge on any atom is -0.324 e. The van der Waals surface area contributed by atoms with E-state index in [4.69, 9.17) is 0 Å². The number of ketones is 1. The number of nitrogens with zero attached hydrogens (tertiary/aromatic N) is 1. The topological polar surface area (TPSA) is 61.4 Å². The van der Waals surface area contributed by atoms with Crippen LogP contribution in [0, 0.1) is 0 Å². The van der Waals surface area contributed by atoms with E-state index in [-0.39, 0.29) is 42.5 Å². The SMILES string of the molecule is CC(=O)c1ccccc1NC(=O)C(C)N1CCNCC1.Cl.Cl. The average Bonchev–Trinajstić information content (AvgIpc) is 2.47. The van der Waals surface area contributed by atoms with Crippen molar-refractivity contribution in [3.8, 4) is 0 Å². The highest BCUT2D eigenvalue weighted by atomic mass is 35.5. The molecule has 22 heavy (non-hydrogen) atoms. The van der Waals surface area contributed by atoms with E-state index in [2.05, 4.69) is 15.5 Å². The van der Waals surface area contributed by atoms with Crippen LogP contribution in [0.4, 0.5) is 5.69 Å². The third-order valence-electron chi connectivity index (χ3n) is 3.64. The number of nitrogens with one attached hydrogen (secondary N) is 2. The minimum absolute atomic E-state index is 0. The van der Waals surface area contributed by atoms with E-state index in [1.54, 1.807) is 18.2 Å². The number of amides is 1. The highest BCUT2D eigenvalue weighted by Gasteiger charge is 2.23. The molecule has 1 heterocycles. The number of carbonyl (C=O) groups is 2. The lowest BCUT2D eigenvalue weighted by atomic mass is 10.1. The maximum Gasteiger partial charge on any atom is 0.241 e. The summed E-state index contributed by atoms with van der Waals surface area (Å²) in [6.45, 7) is 6.94. The predicted molar refractivity (Wildman–Crippen MR) is 93.5 cm³/mol. The molecule has 1 saturated heterocycles. The van der Waals surface area contributed by atoms with Crippen LogP contribution in [0.25, 0.3) is 0 Å². The van der Waals surface area contributed by atoms with Crippen molar-refractivity contribution in [1.29, 1.82) is 0 Å². The van der Waals surface area contributed by atoms with Crippen molar-refractivity contribution in [3.63, 3.8) is 0 Å². The highest BCUT2D eigenvalue weighted by Crippen LogP contribution is 2.16. The molecule has 2 N–H and O–H groups in total. The first-order valence-corrected chi connectivity index (χ1v) is 6.95. The van der Waals surface area contributed by atoms with Gasteiger partial charge in [0.1, 0.15) is 0 Å². The molecule has 0 saturated carbocycles. The summed E-state index contributed by atoms with van der Waals surface area (Å²) in [4.78, 5) is 26.0. The molecule has 0 aromatic heterocycles. The third-order valence-corrected chi connectivity index (χ3v) is 3.64. The molecular formula is C15H23Cl2N3O2. The third kappa shape index (κ3) is 5.25. The van der Waals surface area contributed by atoms with Crippen LogP contribution in [0.5, 0.6) is 0 Å². The Labute approximate surface area is 143 Å². The molecule has 2 rings (SSSR count). The Morgan fingerprint density at radius 2 is 1.77 bits per heavy atom. The van der Waals surface area contributed by atoms with Crippen molar-refractivity contribution in [2.24, 2.45) is 0 Å². The van der Waals surface area contributed by atoms with Crippen molar-refractivity contribution >= 4 is 42.2 Å². The summed E-state index contributed by atoms with van der Waals surface area (Å²) in [7, 11) is 0. The van der Waals surface area contributed by atoms with Crippen LogP contribution in [-0.4, -0.2) is 48.8 Å². The number of hydrogen-bond donors (Lipinski definition) is 2. The first-order valence-electron chi connectivity index (χ1n) is 6.95. The zero-order valence-corrected chi connectivity index (χ0v) is 14.4. The number of rotatable bonds is 4. The molecule has 0 aliphatic carbocycles. The Balaban J connectivity index is 0.00000220. The van der Waals surface area contributed by atoms with Gasteiger partial charge in [0.2, 0.25) is 5.91 Å². The molecule has 1 amide bonds. The molecule has 124 valence electrons. The Hall–Kier alpha value is -1.14. The van der Waals surface area contributed by atoms with E-state index >= 15 is 0 Å². The zero-order chi connectivity index (χ0) is 14.5. The number of para-hydroxylation sites is 1.